The number of aromatic nitrogens is 2. The fourth-order valence-electron chi connectivity index (χ4n) is 6.41. The van der Waals surface area contributed by atoms with Gasteiger partial charge >= 0.3 is 0 Å². The van der Waals surface area contributed by atoms with E-state index in [1.54, 1.807) is 6.20 Å². The summed E-state index contributed by atoms with van der Waals surface area (Å²) in [6.07, 6.45) is 5.53. The zero-order chi connectivity index (χ0) is 25.2. The molecule has 8 nitrogen and oxygen atoms in total. The van der Waals surface area contributed by atoms with E-state index in [1.807, 2.05) is 18.2 Å². The van der Waals surface area contributed by atoms with E-state index in [9.17, 15) is 4.79 Å². The van der Waals surface area contributed by atoms with Crippen molar-refractivity contribution in [3.05, 3.63) is 42.2 Å². The average Bonchev–Trinajstić information content (AvgIpc) is 3.19. The molecule has 2 aromatic rings. The summed E-state index contributed by atoms with van der Waals surface area (Å²) in [6.45, 7) is 12.6. The van der Waals surface area contributed by atoms with Crippen LogP contribution in [0, 0.1) is 16.7 Å². The first-order valence-corrected chi connectivity index (χ1v) is 13.4. The number of nitrogens with zero attached hydrogens (tertiary/aromatic N) is 3. The molecule has 2 heterocycles. The van der Waals surface area contributed by atoms with Crippen molar-refractivity contribution in [2.24, 2.45) is 16.7 Å². The summed E-state index contributed by atoms with van der Waals surface area (Å²) in [7, 11) is 0. The summed E-state index contributed by atoms with van der Waals surface area (Å²) >= 11 is 0. The van der Waals surface area contributed by atoms with E-state index in [0.717, 1.165) is 62.9 Å². The molecule has 3 aliphatic rings. The van der Waals surface area contributed by atoms with Crippen LogP contribution in [0.2, 0.25) is 0 Å². The minimum Gasteiger partial charge on any atom is -0.384 e. The maximum Gasteiger partial charge on any atom is 0.227 e. The largest absolute Gasteiger partial charge is 0.384 e. The summed E-state index contributed by atoms with van der Waals surface area (Å²) in [5, 5.41) is 10.1. The lowest BCUT2D eigenvalue weighted by atomic mass is 9.69. The second-order valence-electron chi connectivity index (χ2n) is 11.4. The van der Waals surface area contributed by atoms with E-state index >= 15 is 0 Å². The second-order valence-corrected chi connectivity index (χ2v) is 11.4. The molecule has 0 radical (unpaired) electrons. The van der Waals surface area contributed by atoms with Crippen molar-refractivity contribution in [2.45, 2.75) is 52.5 Å². The number of nitrogens with one attached hydrogen (secondary N) is 3. The van der Waals surface area contributed by atoms with Crippen LogP contribution >= 0.6 is 0 Å². The molecule has 2 aliphatic carbocycles. The number of anilines is 3. The van der Waals surface area contributed by atoms with Crippen molar-refractivity contribution in [3.8, 4) is 0 Å². The monoisotopic (exact) mass is 492 g/mol. The van der Waals surface area contributed by atoms with Gasteiger partial charge in [0.2, 0.25) is 11.9 Å². The highest BCUT2D eigenvalue weighted by Crippen LogP contribution is 2.65. The van der Waals surface area contributed by atoms with E-state index in [2.05, 4.69) is 63.7 Å². The Morgan fingerprint density at radius 3 is 2.72 bits per heavy atom. The van der Waals surface area contributed by atoms with Gasteiger partial charge < -0.3 is 20.7 Å². The molecule has 1 aromatic carbocycles. The summed E-state index contributed by atoms with van der Waals surface area (Å²) in [6, 6.07) is 10.2. The van der Waals surface area contributed by atoms with Gasteiger partial charge in [-0.05, 0) is 60.3 Å². The molecule has 8 heteroatoms. The molecule has 36 heavy (non-hydrogen) atoms. The smallest absolute Gasteiger partial charge is 0.227 e. The number of carbonyl (C=O) groups excluding carboxylic acids is 1. The second kappa shape index (κ2) is 10.3. The van der Waals surface area contributed by atoms with E-state index in [-0.39, 0.29) is 29.2 Å². The van der Waals surface area contributed by atoms with Crippen molar-refractivity contribution >= 4 is 23.2 Å². The predicted octanol–water partition coefficient (Wildman–Crippen LogP) is 3.84. The molecule has 1 aromatic heterocycles. The lowest BCUT2D eigenvalue weighted by Crippen LogP contribution is -2.47. The Hall–Kier alpha value is -2.71. The van der Waals surface area contributed by atoms with E-state index in [1.165, 1.54) is 12.8 Å². The van der Waals surface area contributed by atoms with Gasteiger partial charge in [-0.2, -0.15) is 0 Å². The SMILES string of the molecule is CC1(C)C2CCC1(C)C(NC(=O)Cc1ccnc(Nc3cccc(NCCN4CCOCC4)c3)n1)C2. The zero-order valence-corrected chi connectivity index (χ0v) is 21.8. The first-order valence-electron chi connectivity index (χ1n) is 13.4. The van der Waals surface area contributed by atoms with Gasteiger partial charge in [0, 0.05) is 49.8 Å². The number of hydrogen-bond donors (Lipinski definition) is 3. The van der Waals surface area contributed by atoms with Crippen LogP contribution in [0.25, 0.3) is 0 Å². The number of ether oxygens (including phenoxy) is 1. The Kier molecular flexibility index (Phi) is 7.17. The number of fused-ring (bicyclic) bond motifs is 2. The molecule has 0 spiro atoms. The first kappa shape index (κ1) is 25.0. The third-order valence-corrected chi connectivity index (χ3v) is 9.16. The van der Waals surface area contributed by atoms with Gasteiger partial charge in [-0.3, -0.25) is 9.69 Å². The van der Waals surface area contributed by atoms with Gasteiger partial charge in [0.15, 0.2) is 0 Å². The molecular formula is C28H40N6O2. The molecule has 2 bridgehead atoms. The van der Waals surface area contributed by atoms with Crippen LogP contribution in [0.3, 0.4) is 0 Å². The quantitative estimate of drug-likeness (QED) is 0.490. The normalized spacial score (nSPS) is 27.1. The summed E-state index contributed by atoms with van der Waals surface area (Å²) in [5.74, 6) is 1.24. The zero-order valence-electron chi connectivity index (χ0n) is 21.8. The van der Waals surface area contributed by atoms with Gasteiger partial charge in [-0.25, -0.2) is 9.97 Å². The molecule has 2 saturated carbocycles. The molecule has 5 rings (SSSR count). The van der Waals surface area contributed by atoms with Crippen molar-refractivity contribution in [1.29, 1.82) is 0 Å². The Labute approximate surface area is 214 Å². The Morgan fingerprint density at radius 1 is 1.17 bits per heavy atom. The molecule has 3 N–H and O–H groups in total. The molecule has 3 unspecified atom stereocenters. The van der Waals surface area contributed by atoms with Gasteiger partial charge in [-0.1, -0.05) is 26.8 Å². The minimum atomic E-state index is 0.0423. The summed E-state index contributed by atoms with van der Waals surface area (Å²) in [4.78, 5) is 24.3. The molecule has 194 valence electrons. The maximum atomic E-state index is 12.9. The number of hydrogen-bond acceptors (Lipinski definition) is 7. The van der Waals surface area contributed by atoms with Gasteiger partial charge in [-0.15, -0.1) is 0 Å². The fraction of sp³-hybridized carbons (Fsp3) is 0.607. The van der Waals surface area contributed by atoms with Crippen LogP contribution in [-0.4, -0.2) is 66.2 Å². The van der Waals surface area contributed by atoms with Crippen LogP contribution in [0.1, 0.15) is 45.7 Å². The van der Waals surface area contributed by atoms with Crippen molar-refractivity contribution in [3.63, 3.8) is 0 Å². The van der Waals surface area contributed by atoms with Gasteiger partial charge in [0.25, 0.3) is 0 Å². The highest BCUT2D eigenvalue weighted by atomic mass is 16.5. The topological polar surface area (TPSA) is 91.4 Å². The average molecular weight is 493 g/mol. The highest BCUT2D eigenvalue weighted by Gasteiger charge is 2.61. The van der Waals surface area contributed by atoms with E-state index < -0.39 is 0 Å². The third-order valence-electron chi connectivity index (χ3n) is 9.16. The Morgan fingerprint density at radius 2 is 1.97 bits per heavy atom. The number of rotatable bonds is 9. The molecule has 1 saturated heterocycles. The van der Waals surface area contributed by atoms with Crippen molar-refractivity contribution in [2.75, 3.05) is 50.0 Å². The Bertz CT molecular complexity index is 1070. The summed E-state index contributed by atoms with van der Waals surface area (Å²) < 4.78 is 5.41. The van der Waals surface area contributed by atoms with Crippen LogP contribution in [0.15, 0.2) is 36.5 Å². The lowest BCUT2D eigenvalue weighted by Gasteiger charge is -2.39. The molecule has 1 aliphatic heterocycles. The predicted molar refractivity (Wildman–Crippen MR) is 142 cm³/mol. The standard InChI is InChI=1S/C28H40N6O2/c1-27(2)20-7-9-28(27,3)24(17-20)33-25(35)19-23-8-10-30-26(32-23)31-22-6-4-5-21(18-22)29-11-12-34-13-15-36-16-14-34/h4-6,8,10,18,20,24,29H,7,9,11-17,19H2,1-3H3,(H,33,35)(H,30,31,32). The van der Waals surface area contributed by atoms with Crippen LogP contribution in [0.5, 0.6) is 0 Å². The van der Waals surface area contributed by atoms with Crippen LogP contribution in [-0.2, 0) is 16.0 Å². The van der Waals surface area contributed by atoms with E-state index in [4.69, 9.17) is 4.74 Å². The first-order chi connectivity index (χ1) is 17.3. The number of morpholine rings is 1. The van der Waals surface area contributed by atoms with Crippen LogP contribution in [0.4, 0.5) is 17.3 Å². The number of amides is 1. The molecular weight excluding hydrogens is 452 g/mol. The number of benzene rings is 1. The third kappa shape index (κ3) is 5.20. The van der Waals surface area contributed by atoms with Gasteiger partial charge in [0.1, 0.15) is 0 Å². The number of carbonyl (C=O) groups is 1. The Balaban J connectivity index is 1.14. The minimum absolute atomic E-state index is 0.0423. The molecule has 1 amide bonds. The van der Waals surface area contributed by atoms with E-state index in [0.29, 0.717) is 11.9 Å². The lowest BCUT2D eigenvalue weighted by molar-refractivity contribution is -0.122. The summed E-state index contributed by atoms with van der Waals surface area (Å²) in [5.41, 5.74) is 3.13. The molecule has 3 fully saturated rings. The van der Waals surface area contributed by atoms with Crippen molar-refractivity contribution in [1.82, 2.24) is 20.2 Å². The van der Waals surface area contributed by atoms with Crippen LogP contribution < -0.4 is 16.0 Å². The highest BCUT2D eigenvalue weighted by molar-refractivity contribution is 5.78. The maximum absolute atomic E-state index is 12.9. The fourth-order valence-corrected chi connectivity index (χ4v) is 6.41. The molecule has 3 atom stereocenters. The van der Waals surface area contributed by atoms with Gasteiger partial charge in [0.05, 0.1) is 25.3 Å². The van der Waals surface area contributed by atoms with Crippen molar-refractivity contribution < 1.29 is 9.53 Å².